The molecule has 1 unspecified atom stereocenters. The molecule has 0 bridgehead atoms. The minimum absolute atomic E-state index is 0.166. The first kappa shape index (κ1) is 12.3. The molecule has 5 heteroatoms. The van der Waals surface area contributed by atoms with Crippen molar-refractivity contribution in [3.63, 3.8) is 0 Å². The number of aliphatic carboxylic acids is 1. The third kappa shape index (κ3) is 2.42. The molecule has 1 amide bonds. The molecule has 1 heterocycles. The predicted molar refractivity (Wildman–Crippen MR) is 57.3 cm³/mol. The van der Waals surface area contributed by atoms with E-state index in [0.29, 0.717) is 12.2 Å². The van der Waals surface area contributed by atoms with Crippen LogP contribution < -0.4 is 0 Å². The Morgan fingerprint density at radius 3 is 2.50 bits per heavy atom. The molecule has 0 radical (unpaired) electrons. The summed E-state index contributed by atoms with van der Waals surface area (Å²) in [5.74, 6) is -0.635. The highest BCUT2D eigenvalue weighted by Crippen LogP contribution is 2.12. The monoisotopic (exact) mass is 225 g/mol. The SMILES string of the molecule is CCC(C(=O)O)N(C)C(=O)c1ccc(C)o1. The number of carbonyl (C=O) groups excluding carboxylic acids is 1. The van der Waals surface area contributed by atoms with Gasteiger partial charge in [0.05, 0.1) is 0 Å². The maximum Gasteiger partial charge on any atom is 0.326 e. The number of hydrogen-bond acceptors (Lipinski definition) is 3. The summed E-state index contributed by atoms with van der Waals surface area (Å²) < 4.78 is 5.16. The summed E-state index contributed by atoms with van der Waals surface area (Å²) in [4.78, 5) is 23.9. The van der Waals surface area contributed by atoms with E-state index in [1.54, 1.807) is 26.0 Å². The van der Waals surface area contributed by atoms with Gasteiger partial charge in [-0.1, -0.05) is 6.92 Å². The fourth-order valence-corrected chi connectivity index (χ4v) is 1.48. The summed E-state index contributed by atoms with van der Waals surface area (Å²) in [5, 5.41) is 8.92. The summed E-state index contributed by atoms with van der Waals surface area (Å²) in [6, 6.07) is 2.39. The molecular weight excluding hydrogens is 210 g/mol. The van der Waals surface area contributed by atoms with E-state index in [1.165, 1.54) is 11.9 Å². The van der Waals surface area contributed by atoms with Crippen molar-refractivity contribution in [3.05, 3.63) is 23.7 Å². The van der Waals surface area contributed by atoms with Crippen LogP contribution in [0.15, 0.2) is 16.5 Å². The zero-order chi connectivity index (χ0) is 12.3. The van der Waals surface area contributed by atoms with Crippen LogP contribution >= 0.6 is 0 Å². The number of furan rings is 1. The average molecular weight is 225 g/mol. The van der Waals surface area contributed by atoms with Crippen molar-refractivity contribution < 1.29 is 19.1 Å². The lowest BCUT2D eigenvalue weighted by Gasteiger charge is -2.22. The van der Waals surface area contributed by atoms with Gasteiger partial charge in [0.15, 0.2) is 5.76 Å². The van der Waals surface area contributed by atoms with Crippen LogP contribution in [0.1, 0.15) is 29.7 Å². The van der Waals surface area contributed by atoms with E-state index in [-0.39, 0.29) is 5.76 Å². The maximum absolute atomic E-state index is 11.8. The van der Waals surface area contributed by atoms with E-state index in [2.05, 4.69) is 0 Å². The van der Waals surface area contributed by atoms with E-state index in [1.807, 2.05) is 0 Å². The lowest BCUT2D eigenvalue weighted by Crippen LogP contribution is -2.41. The first-order valence-corrected chi connectivity index (χ1v) is 5.03. The molecule has 88 valence electrons. The van der Waals surface area contributed by atoms with Crippen LogP contribution in [0.5, 0.6) is 0 Å². The lowest BCUT2D eigenvalue weighted by molar-refractivity contribution is -0.142. The summed E-state index contributed by atoms with van der Waals surface area (Å²) >= 11 is 0. The van der Waals surface area contributed by atoms with Crippen molar-refractivity contribution in [2.24, 2.45) is 0 Å². The van der Waals surface area contributed by atoms with E-state index in [9.17, 15) is 9.59 Å². The van der Waals surface area contributed by atoms with Crippen LogP contribution in [-0.2, 0) is 4.79 Å². The van der Waals surface area contributed by atoms with Crippen LogP contribution in [0, 0.1) is 6.92 Å². The highest BCUT2D eigenvalue weighted by Gasteiger charge is 2.26. The summed E-state index contributed by atoms with van der Waals surface area (Å²) in [7, 11) is 1.46. The molecule has 0 fully saturated rings. The van der Waals surface area contributed by atoms with E-state index in [0.717, 1.165) is 0 Å². The Balaban J connectivity index is 2.85. The van der Waals surface area contributed by atoms with Gasteiger partial charge < -0.3 is 14.4 Å². The molecule has 1 rings (SSSR count). The van der Waals surface area contributed by atoms with E-state index in [4.69, 9.17) is 9.52 Å². The van der Waals surface area contributed by atoms with Gasteiger partial charge in [0.1, 0.15) is 11.8 Å². The summed E-state index contributed by atoms with van der Waals surface area (Å²) in [5.41, 5.74) is 0. The van der Waals surface area contributed by atoms with Gasteiger partial charge in [-0.3, -0.25) is 4.79 Å². The molecule has 1 N–H and O–H groups in total. The number of carboxylic acids is 1. The molecule has 1 atom stereocenters. The molecule has 0 aromatic carbocycles. The Hall–Kier alpha value is -1.78. The number of carboxylic acid groups (broad SMARTS) is 1. The zero-order valence-electron chi connectivity index (χ0n) is 9.56. The minimum Gasteiger partial charge on any atom is -0.480 e. The van der Waals surface area contributed by atoms with Crippen molar-refractivity contribution in [2.45, 2.75) is 26.3 Å². The second kappa shape index (κ2) is 4.83. The molecule has 0 saturated carbocycles. The standard InChI is InChI=1S/C11H15NO4/c1-4-8(11(14)15)12(3)10(13)9-6-5-7(2)16-9/h5-6,8H,4H2,1-3H3,(H,14,15). The van der Waals surface area contributed by atoms with Gasteiger partial charge in [0.25, 0.3) is 5.91 Å². The molecule has 0 aliphatic carbocycles. The molecular formula is C11H15NO4. The van der Waals surface area contributed by atoms with Crippen molar-refractivity contribution in [1.82, 2.24) is 4.90 Å². The number of likely N-dealkylation sites (N-methyl/N-ethyl adjacent to an activating group) is 1. The van der Waals surface area contributed by atoms with Crippen molar-refractivity contribution in [2.75, 3.05) is 7.05 Å². The third-order valence-electron chi connectivity index (χ3n) is 2.41. The number of amides is 1. The first-order valence-electron chi connectivity index (χ1n) is 5.03. The number of aryl methyl sites for hydroxylation is 1. The topological polar surface area (TPSA) is 70.8 Å². The fourth-order valence-electron chi connectivity index (χ4n) is 1.48. The van der Waals surface area contributed by atoms with Crippen LogP contribution in [0.3, 0.4) is 0 Å². The molecule has 1 aromatic rings. The van der Waals surface area contributed by atoms with E-state index >= 15 is 0 Å². The van der Waals surface area contributed by atoms with Gasteiger partial charge in [-0.2, -0.15) is 0 Å². The Kier molecular flexibility index (Phi) is 3.71. The number of rotatable bonds is 4. The molecule has 5 nitrogen and oxygen atoms in total. The predicted octanol–water partition coefficient (Wildman–Crippen LogP) is 1.52. The van der Waals surface area contributed by atoms with Crippen LogP contribution in [0.4, 0.5) is 0 Å². The van der Waals surface area contributed by atoms with Gasteiger partial charge >= 0.3 is 5.97 Å². The highest BCUT2D eigenvalue weighted by molar-refractivity contribution is 5.94. The Morgan fingerprint density at radius 1 is 1.50 bits per heavy atom. The molecule has 0 aliphatic heterocycles. The van der Waals surface area contributed by atoms with Gasteiger partial charge in [-0.05, 0) is 25.5 Å². The highest BCUT2D eigenvalue weighted by atomic mass is 16.4. The fraction of sp³-hybridized carbons (Fsp3) is 0.455. The first-order chi connectivity index (χ1) is 7.47. The molecule has 0 saturated heterocycles. The summed E-state index contributed by atoms with van der Waals surface area (Å²) in [6.07, 6.45) is 0.358. The zero-order valence-corrected chi connectivity index (χ0v) is 9.56. The second-order valence-corrected chi connectivity index (χ2v) is 3.59. The largest absolute Gasteiger partial charge is 0.480 e. The van der Waals surface area contributed by atoms with Crippen molar-refractivity contribution >= 4 is 11.9 Å². The normalized spacial score (nSPS) is 12.2. The molecule has 1 aromatic heterocycles. The van der Waals surface area contributed by atoms with Crippen LogP contribution in [-0.4, -0.2) is 35.0 Å². The second-order valence-electron chi connectivity index (χ2n) is 3.59. The minimum atomic E-state index is -1.01. The number of hydrogen-bond donors (Lipinski definition) is 1. The van der Waals surface area contributed by atoms with Gasteiger partial charge in [-0.15, -0.1) is 0 Å². The maximum atomic E-state index is 11.8. The van der Waals surface area contributed by atoms with Gasteiger partial charge in [0, 0.05) is 7.05 Å². The summed E-state index contributed by atoms with van der Waals surface area (Å²) in [6.45, 7) is 3.45. The van der Waals surface area contributed by atoms with Crippen molar-refractivity contribution in [1.29, 1.82) is 0 Å². The molecule has 0 spiro atoms. The van der Waals surface area contributed by atoms with E-state index < -0.39 is 17.9 Å². The molecule has 16 heavy (non-hydrogen) atoms. The lowest BCUT2D eigenvalue weighted by atomic mass is 10.2. The van der Waals surface area contributed by atoms with Gasteiger partial charge in [0.2, 0.25) is 0 Å². The van der Waals surface area contributed by atoms with Gasteiger partial charge in [-0.25, -0.2) is 4.79 Å². The quantitative estimate of drug-likeness (QED) is 0.843. The van der Waals surface area contributed by atoms with Crippen LogP contribution in [0.25, 0.3) is 0 Å². The Bertz CT molecular complexity index is 396. The number of carbonyl (C=O) groups is 2. The Morgan fingerprint density at radius 2 is 2.12 bits per heavy atom. The number of nitrogens with zero attached hydrogens (tertiary/aromatic N) is 1. The molecule has 0 aliphatic rings. The Labute approximate surface area is 93.7 Å². The third-order valence-corrected chi connectivity index (χ3v) is 2.41. The smallest absolute Gasteiger partial charge is 0.326 e. The van der Waals surface area contributed by atoms with Crippen LogP contribution in [0.2, 0.25) is 0 Å². The van der Waals surface area contributed by atoms with Crippen molar-refractivity contribution in [3.8, 4) is 0 Å². The average Bonchev–Trinajstić information content (AvgIpc) is 2.64.